The van der Waals surface area contributed by atoms with Gasteiger partial charge in [-0.15, -0.1) is 0 Å². The summed E-state index contributed by atoms with van der Waals surface area (Å²) in [5.74, 6) is 2.09. The summed E-state index contributed by atoms with van der Waals surface area (Å²) in [4.78, 5) is 7.82. The van der Waals surface area contributed by atoms with Gasteiger partial charge in [0.15, 0.2) is 0 Å². The van der Waals surface area contributed by atoms with Crippen molar-refractivity contribution in [3.05, 3.63) is 99.6 Å². The molecule has 2 aliphatic rings. The van der Waals surface area contributed by atoms with Gasteiger partial charge < -0.3 is 0 Å². The summed E-state index contributed by atoms with van der Waals surface area (Å²) < 4.78 is 0. The van der Waals surface area contributed by atoms with Crippen molar-refractivity contribution in [1.29, 1.82) is 10.7 Å². The second-order valence-electron chi connectivity index (χ2n) is 12.9. The Hall–Kier alpha value is -3.71. The Bertz CT molecular complexity index is 1520. The molecule has 45 heavy (non-hydrogen) atoms. The fourth-order valence-corrected chi connectivity index (χ4v) is 7.25. The fourth-order valence-electron chi connectivity index (χ4n) is 7.25. The van der Waals surface area contributed by atoms with Gasteiger partial charge in [-0.3, -0.25) is 15.3 Å². The van der Waals surface area contributed by atoms with Crippen LogP contribution in [0.15, 0.2) is 65.7 Å². The van der Waals surface area contributed by atoms with Gasteiger partial charge in [0.1, 0.15) is 11.7 Å². The highest BCUT2D eigenvalue weighted by Crippen LogP contribution is 2.66. The molecule has 3 aromatic carbocycles. The maximum absolute atomic E-state index is 10.0. The maximum Gasteiger partial charge on any atom is 0.142 e. The SMILES string of the molecule is CC.CC.CCC12C[C@]1(CC)N=C(N(C(=N)c1ccccc1C)c1c(CC(C)C)cc(C#N)cc1CC(C)C)c1ccccc12. The number of aryl methyl sites for hydroxylation is 1. The first-order valence-electron chi connectivity index (χ1n) is 17.3. The Labute approximate surface area is 274 Å². The molecule has 0 amide bonds. The Morgan fingerprint density at radius 2 is 1.44 bits per heavy atom. The van der Waals surface area contributed by atoms with Crippen LogP contribution in [-0.4, -0.2) is 17.2 Å². The number of anilines is 1. The van der Waals surface area contributed by atoms with Gasteiger partial charge in [-0.05, 0) is 85.3 Å². The summed E-state index contributed by atoms with van der Waals surface area (Å²) >= 11 is 0. The normalized spacial score (nSPS) is 19.2. The van der Waals surface area contributed by atoms with Crippen molar-refractivity contribution >= 4 is 17.4 Å². The Morgan fingerprint density at radius 1 is 0.889 bits per heavy atom. The van der Waals surface area contributed by atoms with E-state index < -0.39 is 0 Å². The smallest absolute Gasteiger partial charge is 0.142 e. The summed E-state index contributed by atoms with van der Waals surface area (Å²) in [6.07, 6.45) is 4.71. The molecule has 0 spiro atoms. The molecule has 5 rings (SSSR count). The van der Waals surface area contributed by atoms with Gasteiger partial charge >= 0.3 is 0 Å². The molecule has 1 aliphatic heterocycles. The van der Waals surface area contributed by atoms with E-state index in [4.69, 9.17) is 4.99 Å². The van der Waals surface area contributed by atoms with Crippen LogP contribution >= 0.6 is 0 Å². The van der Waals surface area contributed by atoms with E-state index in [1.54, 1.807) is 0 Å². The molecule has 1 saturated carbocycles. The zero-order valence-electron chi connectivity index (χ0n) is 29.8. The van der Waals surface area contributed by atoms with Crippen molar-refractivity contribution in [2.75, 3.05) is 4.90 Å². The molecule has 1 fully saturated rings. The number of hydrogen-bond donors (Lipinski definition) is 1. The minimum absolute atomic E-state index is 0.0601. The molecule has 4 heteroatoms. The summed E-state index contributed by atoms with van der Waals surface area (Å²) in [7, 11) is 0. The van der Waals surface area contributed by atoms with Crippen molar-refractivity contribution in [2.45, 2.75) is 119 Å². The van der Waals surface area contributed by atoms with Crippen molar-refractivity contribution in [3.8, 4) is 6.07 Å². The van der Waals surface area contributed by atoms with E-state index in [9.17, 15) is 10.7 Å². The predicted octanol–water partition coefficient (Wildman–Crippen LogP) is 10.8. The van der Waals surface area contributed by atoms with E-state index in [-0.39, 0.29) is 11.0 Å². The lowest BCUT2D eigenvalue weighted by Crippen LogP contribution is -2.44. The summed E-state index contributed by atoms with van der Waals surface area (Å²) in [5, 5.41) is 19.9. The third-order valence-corrected chi connectivity index (χ3v) is 9.26. The number of rotatable bonds is 8. The highest BCUT2D eigenvalue weighted by molar-refractivity contribution is 6.30. The lowest BCUT2D eigenvalue weighted by atomic mass is 9.81. The van der Waals surface area contributed by atoms with Crippen LogP contribution in [0.4, 0.5) is 5.69 Å². The van der Waals surface area contributed by atoms with Crippen molar-refractivity contribution in [2.24, 2.45) is 16.8 Å². The molecule has 0 saturated heterocycles. The number of benzene rings is 3. The first-order valence-corrected chi connectivity index (χ1v) is 17.3. The van der Waals surface area contributed by atoms with Crippen LogP contribution in [0.3, 0.4) is 0 Å². The topological polar surface area (TPSA) is 63.2 Å². The van der Waals surface area contributed by atoms with E-state index in [1.807, 2.05) is 39.8 Å². The zero-order valence-corrected chi connectivity index (χ0v) is 29.8. The molecular formula is C41H56N4. The number of nitrogens with one attached hydrogen (secondary N) is 1. The van der Waals surface area contributed by atoms with Gasteiger partial charge in [-0.1, -0.05) is 118 Å². The standard InChI is InChI=1S/C37H44N4.2C2H6/c1-8-36-23-37(36,9-2)40-35(31-16-12-13-17-32(31)36)41(34(39)30-15-11-10-14-26(30)7)33-28(18-24(3)4)20-27(22-38)21-29(33)19-25(5)6;2*1-2/h10-17,20-21,24-25,39H,8-9,18-19,23H2,1-7H3;2*1-2H3/t36?,37-;;/m0../s1. The van der Waals surface area contributed by atoms with Crippen LogP contribution in [-0.2, 0) is 18.3 Å². The Morgan fingerprint density at radius 3 is 1.96 bits per heavy atom. The Kier molecular flexibility index (Phi) is 12.0. The van der Waals surface area contributed by atoms with Gasteiger partial charge in [0, 0.05) is 16.5 Å². The summed E-state index contributed by atoms with van der Waals surface area (Å²) in [6.45, 7) is 23.5. The number of aliphatic imine (C=N–C) groups is 1. The second kappa shape index (κ2) is 15.0. The summed E-state index contributed by atoms with van der Waals surface area (Å²) in [6, 6.07) is 23.5. The number of hydrogen-bond acceptors (Lipinski definition) is 3. The maximum atomic E-state index is 10.0. The molecule has 3 aromatic rings. The minimum Gasteiger partial charge on any atom is -0.283 e. The van der Waals surface area contributed by atoms with E-state index in [0.29, 0.717) is 23.2 Å². The number of nitrogens with zero attached hydrogens (tertiary/aromatic N) is 3. The average Bonchev–Trinajstić information content (AvgIpc) is 3.73. The first-order chi connectivity index (χ1) is 21.6. The van der Waals surface area contributed by atoms with Crippen molar-refractivity contribution < 1.29 is 0 Å². The highest BCUT2D eigenvalue weighted by atomic mass is 15.3. The molecule has 4 nitrogen and oxygen atoms in total. The third kappa shape index (κ3) is 6.64. The molecule has 1 aliphatic carbocycles. The van der Waals surface area contributed by atoms with Crippen LogP contribution in [0.25, 0.3) is 0 Å². The van der Waals surface area contributed by atoms with Gasteiger partial charge in [0.05, 0.1) is 22.9 Å². The van der Waals surface area contributed by atoms with Gasteiger partial charge in [-0.2, -0.15) is 5.26 Å². The molecule has 0 aromatic heterocycles. The summed E-state index contributed by atoms with van der Waals surface area (Å²) in [5.41, 5.74) is 8.31. The average molecular weight is 605 g/mol. The van der Waals surface area contributed by atoms with Crippen LogP contribution < -0.4 is 4.90 Å². The molecule has 2 atom stereocenters. The molecular weight excluding hydrogens is 548 g/mol. The van der Waals surface area contributed by atoms with E-state index >= 15 is 0 Å². The third-order valence-electron chi connectivity index (χ3n) is 9.26. The lowest BCUT2D eigenvalue weighted by molar-refractivity contribution is 0.498. The quantitative estimate of drug-likeness (QED) is 0.205. The number of nitriles is 1. The molecule has 1 unspecified atom stereocenters. The van der Waals surface area contributed by atoms with Gasteiger partial charge in [-0.25, -0.2) is 0 Å². The van der Waals surface area contributed by atoms with E-state index in [2.05, 4.69) is 108 Å². The molecule has 1 N–H and O–H groups in total. The van der Waals surface area contributed by atoms with E-state index in [0.717, 1.165) is 71.4 Å². The van der Waals surface area contributed by atoms with E-state index in [1.165, 1.54) is 5.56 Å². The van der Waals surface area contributed by atoms with Gasteiger partial charge in [0.25, 0.3) is 0 Å². The van der Waals surface area contributed by atoms with Gasteiger partial charge in [0.2, 0.25) is 0 Å². The largest absolute Gasteiger partial charge is 0.283 e. The van der Waals surface area contributed by atoms with Crippen molar-refractivity contribution in [1.82, 2.24) is 0 Å². The second-order valence-corrected chi connectivity index (χ2v) is 12.9. The monoisotopic (exact) mass is 604 g/mol. The number of amidine groups is 2. The lowest BCUT2D eigenvalue weighted by Gasteiger charge is -2.37. The predicted molar refractivity (Wildman–Crippen MR) is 194 cm³/mol. The Balaban J connectivity index is 0.00000133. The molecule has 240 valence electrons. The minimum atomic E-state index is -0.154. The van der Waals surface area contributed by atoms with Crippen LogP contribution in [0.1, 0.15) is 127 Å². The fraction of sp³-hybridized carbons (Fsp3) is 0.488. The molecule has 0 radical (unpaired) electrons. The molecule has 0 bridgehead atoms. The number of fused-ring (bicyclic) bond motifs is 3. The van der Waals surface area contributed by atoms with Crippen LogP contribution in [0.2, 0.25) is 0 Å². The highest BCUT2D eigenvalue weighted by Gasteiger charge is 2.69. The van der Waals surface area contributed by atoms with Crippen LogP contribution in [0.5, 0.6) is 0 Å². The van der Waals surface area contributed by atoms with Crippen molar-refractivity contribution in [3.63, 3.8) is 0 Å². The first kappa shape index (κ1) is 35.8. The molecule has 1 heterocycles. The van der Waals surface area contributed by atoms with Crippen LogP contribution in [0, 0.1) is 35.5 Å². The zero-order chi connectivity index (χ0) is 33.5.